The molecule has 0 bridgehead atoms. The van der Waals surface area contributed by atoms with Crippen molar-refractivity contribution in [1.29, 1.82) is 10.5 Å². The third kappa shape index (κ3) is 3.04. The second-order valence-corrected chi connectivity index (χ2v) is 8.00. The number of rotatable bonds is 2. The topological polar surface area (TPSA) is 47.6 Å². The first kappa shape index (κ1) is 17.3. The van der Waals surface area contributed by atoms with Gasteiger partial charge in [-0.25, -0.2) is 0 Å². The molecule has 1 aliphatic carbocycles. The lowest BCUT2D eigenvalue weighted by Crippen LogP contribution is -2.44. The van der Waals surface area contributed by atoms with Gasteiger partial charge in [0.1, 0.15) is 0 Å². The van der Waals surface area contributed by atoms with Crippen LogP contribution in [0.5, 0.6) is 0 Å². The fraction of sp³-hybridized carbons (Fsp3) is 0.524. The van der Waals surface area contributed by atoms with Crippen LogP contribution in [0.2, 0.25) is 0 Å². The fourth-order valence-corrected chi connectivity index (χ4v) is 3.78. The molecule has 0 heterocycles. The zero-order chi connectivity index (χ0) is 17.3. The van der Waals surface area contributed by atoms with Gasteiger partial charge in [-0.2, -0.15) is 10.5 Å². The molecule has 120 valence electrons. The summed E-state index contributed by atoms with van der Waals surface area (Å²) in [6, 6.07) is 14.9. The normalized spacial score (nSPS) is 23.7. The van der Waals surface area contributed by atoms with Crippen LogP contribution in [-0.4, -0.2) is 0 Å². The molecule has 0 saturated heterocycles. The molecular formula is C21H26N2. The van der Waals surface area contributed by atoms with E-state index in [0.29, 0.717) is 5.92 Å². The van der Waals surface area contributed by atoms with Crippen LogP contribution in [0.1, 0.15) is 52.5 Å². The molecule has 2 atom stereocenters. The Hall–Kier alpha value is -2.06. The van der Waals surface area contributed by atoms with Gasteiger partial charge in [-0.05, 0) is 23.3 Å². The predicted molar refractivity (Wildman–Crippen MR) is 93.3 cm³/mol. The van der Waals surface area contributed by atoms with Crippen molar-refractivity contribution < 1.29 is 0 Å². The molecule has 0 saturated carbocycles. The number of hydrogen-bond donors (Lipinski definition) is 0. The van der Waals surface area contributed by atoms with Gasteiger partial charge in [0.2, 0.25) is 0 Å². The minimum absolute atomic E-state index is 0.0117. The van der Waals surface area contributed by atoms with E-state index in [9.17, 15) is 10.5 Å². The second kappa shape index (κ2) is 6.21. The van der Waals surface area contributed by atoms with Crippen LogP contribution in [0.3, 0.4) is 0 Å². The Morgan fingerprint density at radius 3 is 2.09 bits per heavy atom. The minimum atomic E-state index is -1.02. The van der Waals surface area contributed by atoms with Gasteiger partial charge in [-0.1, -0.05) is 76.6 Å². The molecular weight excluding hydrogens is 280 g/mol. The molecule has 0 aromatic heterocycles. The second-order valence-electron chi connectivity index (χ2n) is 8.00. The standard InChI is InChI=1S/C21H26N2/c1-15(2)17-11-18(16-9-7-6-8-10-16)21(13-22,14-23)19(12-17)20(3,4)5/h6-11,15,18-19H,12H2,1-5H3/t18-,19-/m0/s1. The molecule has 0 aliphatic heterocycles. The van der Waals surface area contributed by atoms with Gasteiger partial charge >= 0.3 is 0 Å². The van der Waals surface area contributed by atoms with E-state index in [4.69, 9.17) is 0 Å². The van der Waals surface area contributed by atoms with Crippen LogP contribution in [0, 0.1) is 45.3 Å². The van der Waals surface area contributed by atoms with E-state index in [1.54, 1.807) is 0 Å². The molecule has 1 aromatic rings. The van der Waals surface area contributed by atoms with Gasteiger partial charge in [0, 0.05) is 11.8 Å². The summed E-state index contributed by atoms with van der Waals surface area (Å²) in [5, 5.41) is 20.1. The Morgan fingerprint density at radius 1 is 1.09 bits per heavy atom. The highest BCUT2D eigenvalue weighted by molar-refractivity contribution is 5.41. The van der Waals surface area contributed by atoms with Crippen LogP contribution in [0.15, 0.2) is 42.0 Å². The van der Waals surface area contributed by atoms with Crippen molar-refractivity contribution in [3.8, 4) is 12.1 Å². The summed E-state index contributed by atoms with van der Waals surface area (Å²) in [5.41, 5.74) is 1.30. The number of nitrogens with zero attached hydrogens (tertiary/aromatic N) is 2. The molecule has 0 N–H and O–H groups in total. The zero-order valence-electron chi connectivity index (χ0n) is 14.8. The van der Waals surface area contributed by atoms with Crippen LogP contribution in [0.25, 0.3) is 0 Å². The average molecular weight is 306 g/mol. The highest BCUT2D eigenvalue weighted by Crippen LogP contribution is 2.55. The van der Waals surface area contributed by atoms with E-state index in [1.807, 2.05) is 30.3 Å². The van der Waals surface area contributed by atoms with Crippen LogP contribution < -0.4 is 0 Å². The average Bonchev–Trinajstić information content (AvgIpc) is 2.53. The van der Waals surface area contributed by atoms with Crippen molar-refractivity contribution in [3.63, 3.8) is 0 Å². The molecule has 0 amide bonds. The van der Waals surface area contributed by atoms with Crippen molar-refractivity contribution in [3.05, 3.63) is 47.5 Å². The SMILES string of the molecule is CC(C)C1=C[C@@H](c2ccccc2)C(C#N)(C#N)[C@H](C(C)(C)C)C1. The van der Waals surface area contributed by atoms with Crippen molar-refractivity contribution >= 4 is 0 Å². The highest BCUT2D eigenvalue weighted by Gasteiger charge is 2.53. The monoisotopic (exact) mass is 306 g/mol. The maximum Gasteiger partial charge on any atom is 0.157 e. The van der Waals surface area contributed by atoms with Crippen molar-refractivity contribution in [1.82, 2.24) is 0 Å². The fourth-order valence-electron chi connectivity index (χ4n) is 3.78. The molecule has 2 rings (SSSR count). The van der Waals surface area contributed by atoms with E-state index in [-0.39, 0.29) is 17.3 Å². The smallest absolute Gasteiger partial charge is 0.157 e. The lowest BCUT2D eigenvalue weighted by molar-refractivity contribution is 0.119. The van der Waals surface area contributed by atoms with Gasteiger partial charge in [-0.15, -0.1) is 0 Å². The summed E-state index contributed by atoms with van der Waals surface area (Å²) in [6.45, 7) is 10.8. The van der Waals surface area contributed by atoms with Crippen LogP contribution >= 0.6 is 0 Å². The van der Waals surface area contributed by atoms with E-state index >= 15 is 0 Å². The summed E-state index contributed by atoms with van der Waals surface area (Å²) in [5.74, 6) is 0.271. The zero-order valence-corrected chi connectivity index (χ0v) is 14.8. The maximum atomic E-state index is 10.0. The van der Waals surface area contributed by atoms with Gasteiger partial charge in [-0.3, -0.25) is 0 Å². The minimum Gasteiger partial charge on any atom is -0.197 e. The molecule has 0 radical (unpaired) electrons. The lowest BCUT2D eigenvalue weighted by Gasteiger charge is -2.46. The maximum absolute atomic E-state index is 10.0. The molecule has 1 aromatic carbocycles. The highest BCUT2D eigenvalue weighted by atomic mass is 14.6. The molecule has 0 fully saturated rings. The summed E-state index contributed by atoms with van der Waals surface area (Å²) in [7, 11) is 0. The third-order valence-corrected chi connectivity index (χ3v) is 5.18. The van der Waals surface area contributed by atoms with Crippen molar-refractivity contribution in [2.45, 2.75) is 47.0 Å². The Bertz CT molecular complexity index is 649. The first-order chi connectivity index (χ1) is 10.8. The number of nitriles is 2. The number of allylic oxidation sites excluding steroid dienone is 2. The molecule has 1 aliphatic rings. The third-order valence-electron chi connectivity index (χ3n) is 5.18. The number of benzene rings is 1. The Morgan fingerprint density at radius 2 is 1.65 bits per heavy atom. The quantitative estimate of drug-likeness (QED) is 0.682. The lowest BCUT2D eigenvalue weighted by atomic mass is 9.53. The van der Waals surface area contributed by atoms with Crippen molar-refractivity contribution in [2.75, 3.05) is 0 Å². The van der Waals surface area contributed by atoms with Gasteiger partial charge < -0.3 is 0 Å². The summed E-state index contributed by atoms with van der Waals surface area (Å²) in [6.07, 6.45) is 3.01. The van der Waals surface area contributed by atoms with Gasteiger partial charge in [0.25, 0.3) is 0 Å². The van der Waals surface area contributed by atoms with E-state index in [0.717, 1.165) is 12.0 Å². The summed E-state index contributed by atoms with van der Waals surface area (Å²) < 4.78 is 0. The van der Waals surface area contributed by atoms with Gasteiger partial charge in [0.15, 0.2) is 5.41 Å². The van der Waals surface area contributed by atoms with E-state index in [1.165, 1.54) is 5.57 Å². The molecule has 2 nitrogen and oxygen atoms in total. The molecule has 2 heteroatoms. The first-order valence-corrected chi connectivity index (χ1v) is 8.34. The van der Waals surface area contributed by atoms with Crippen molar-refractivity contribution in [2.24, 2.45) is 22.7 Å². The first-order valence-electron chi connectivity index (χ1n) is 8.34. The van der Waals surface area contributed by atoms with Crippen LogP contribution in [0.4, 0.5) is 0 Å². The Labute approximate surface area is 140 Å². The number of hydrogen-bond acceptors (Lipinski definition) is 2. The Balaban J connectivity index is 2.70. The largest absolute Gasteiger partial charge is 0.197 e. The van der Waals surface area contributed by atoms with Crippen LogP contribution in [-0.2, 0) is 0 Å². The molecule has 0 unspecified atom stereocenters. The molecule has 23 heavy (non-hydrogen) atoms. The summed E-state index contributed by atoms with van der Waals surface area (Å²) >= 11 is 0. The molecule has 0 spiro atoms. The van der Waals surface area contributed by atoms with Gasteiger partial charge in [0.05, 0.1) is 12.1 Å². The van der Waals surface area contributed by atoms with E-state index < -0.39 is 5.41 Å². The predicted octanol–water partition coefficient (Wildman–Crippen LogP) is 5.45. The Kier molecular flexibility index (Phi) is 4.67. The summed E-state index contributed by atoms with van der Waals surface area (Å²) in [4.78, 5) is 0. The van der Waals surface area contributed by atoms with E-state index in [2.05, 4.69) is 52.8 Å².